The van der Waals surface area contributed by atoms with Gasteiger partial charge in [-0.25, -0.2) is 8.78 Å². The van der Waals surface area contributed by atoms with Crippen LogP contribution >= 0.6 is 0 Å². The second kappa shape index (κ2) is 5.65. The molecule has 0 spiro atoms. The first-order chi connectivity index (χ1) is 7.52. The minimum absolute atomic E-state index is 0.00708. The van der Waals surface area contributed by atoms with E-state index in [0.717, 1.165) is 6.07 Å². The molecule has 0 fully saturated rings. The third-order valence-electron chi connectivity index (χ3n) is 1.98. The second-order valence-electron chi connectivity index (χ2n) is 3.67. The van der Waals surface area contributed by atoms with Crippen LogP contribution in [0, 0.1) is 11.6 Å². The van der Waals surface area contributed by atoms with Crippen LogP contribution in [0.3, 0.4) is 0 Å². The van der Waals surface area contributed by atoms with Crippen LogP contribution in [0.15, 0.2) is 12.1 Å². The van der Waals surface area contributed by atoms with E-state index < -0.39 is 11.6 Å². The number of ether oxygens (including phenoxy) is 1. The van der Waals surface area contributed by atoms with Gasteiger partial charge in [0.05, 0.1) is 24.1 Å². The summed E-state index contributed by atoms with van der Waals surface area (Å²) in [5.74, 6) is -1.87. The van der Waals surface area contributed by atoms with Crippen LogP contribution in [0.5, 0.6) is 0 Å². The maximum atomic E-state index is 13.3. The van der Waals surface area contributed by atoms with E-state index in [1.54, 1.807) is 0 Å². The summed E-state index contributed by atoms with van der Waals surface area (Å²) in [5, 5.41) is 2.71. The largest absolute Gasteiger partial charge is 0.397 e. The van der Waals surface area contributed by atoms with Gasteiger partial charge in [0.2, 0.25) is 0 Å². The Hall–Kier alpha value is -1.36. The second-order valence-corrected chi connectivity index (χ2v) is 3.67. The SMILES string of the molecule is CC(C)OCCNc1c(N)ccc(F)c1F. The molecule has 1 aromatic carbocycles. The van der Waals surface area contributed by atoms with Crippen LogP contribution < -0.4 is 11.1 Å². The summed E-state index contributed by atoms with van der Waals surface area (Å²) in [5.41, 5.74) is 5.70. The minimum Gasteiger partial charge on any atom is -0.397 e. The molecular weight excluding hydrogens is 214 g/mol. The van der Waals surface area contributed by atoms with E-state index in [1.165, 1.54) is 6.07 Å². The van der Waals surface area contributed by atoms with Gasteiger partial charge in [0, 0.05) is 6.54 Å². The fourth-order valence-electron chi connectivity index (χ4n) is 1.22. The van der Waals surface area contributed by atoms with Gasteiger partial charge in [-0.3, -0.25) is 0 Å². The highest BCUT2D eigenvalue weighted by molar-refractivity contribution is 5.66. The number of rotatable bonds is 5. The number of hydrogen-bond donors (Lipinski definition) is 2. The van der Waals surface area contributed by atoms with Crippen LogP contribution in [0.25, 0.3) is 0 Å². The molecule has 3 N–H and O–H groups in total. The molecule has 0 aliphatic carbocycles. The summed E-state index contributed by atoms with van der Waals surface area (Å²) in [6.07, 6.45) is 0.108. The molecule has 90 valence electrons. The fraction of sp³-hybridized carbons (Fsp3) is 0.455. The van der Waals surface area contributed by atoms with Crippen molar-refractivity contribution in [1.29, 1.82) is 0 Å². The molecule has 0 atom stereocenters. The van der Waals surface area contributed by atoms with Crippen molar-refractivity contribution in [2.45, 2.75) is 20.0 Å². The lowest BCUT2D eigenvalue weighted by Crippen LogP contribution is -2.15. The van der Waals surface area contributed by atoms with Crippen LogP contribution in [0.1, 0.15) is 13.8 Å². The molecule has 3 nitrogen and oxygen atoms in total. The Kier molecular flexibility index (Phi) is 4.49. The molecular formula is C11H16F2N2O. The summed E-state index contributed by atoms with van der Waals surface area (Å²) >= 11 is 0. The molecule has 0 heterocycles. The van der Waals surface area contributed by atoms with Gasteiger partial charge in [-0.2, -0.15) is 0 Å². The maximum Gasteiger partial charge on any atom is 0.183 e. The standard InChI is InChI=1S/C11H16F2N2O/c1-7(2)16-6-5-15-11-9(14)4-3-8(12)10(11)13/h3-4,7,15H,5-6,14H2,1-2H3. The number of nitrogens with one attached hydrogen (secondary N) is 1. The molecule has 16 heavy (non-hydrogen) atoms. The van der Waals surface area contributed by atoms with E-state index in [4.69, 9.17) is 10.5 Å². The van der Waals surface area contributed by atoms with Crippen LogP contribution in [-0.4, -0.2) is 19.3 Å². The predicted molar refractivity (Wildman–Crippen MR) is 60.3 cm³/mol. The lowest BCUT2D eigenvalue weighted by Gasteiger charge is -2.12. The summed E-state index contributed by atoms with van der Waals surface area (Å²) in [7, 11) is 0. The molecule has 0 radical (unpaired) electrons. The van der Waals surface area contributed by atoms with Crippen molar-refractivity contribution in [3.05, 3.63) is 23.8 Å². The van der Waals surface area contributed by atoms with E-state index in [2.05, 4.69) is 5.32 Å². The van der Waals surface area contributed by atoms with Gasteiger partial charge in [-0.1, -0.05) is 0 Å². The van der Waals surface area contributed by atoms with Crippen molar-refractivity contribution in [3.8, 4) is 0 Å². The normalized spacial score (nSPS) is 10.8. The number of nitrogen functional groups attached to an aromatic ring is 1. The highest BCUT2D eigenvalue weighted by Crippen LogP contribution is 2.24. The minimum atomic E-state index is -0.954. The molecule has 0 saturated carbocycles. The average molecular weight is 230 g/mol. The van der Waals surface area contributed by atoms with Crippen molar-refractivity contribution in [2.24, 2.45) is 0 Å². The van der Waals surface area contributed by atoms with Crippen LogP contribution in [0.4, 0.5) is 20.2 Å². The zero-order chi connectivity index (χ0) is 12.1. The van der Waals surface area contributed by atoms with E-state index in [1.807, 2.05) is 13.8 Å². The van der Waals surface area contributed by atoms with Gasteiger partial charge >= 0.3 is 0 Å². The lowest BCUT2D eigenvalue weighted by atomic mass is 10.2. The Morgan fingerprint density at radius 3 is 2.69 bits per heavy atom. The smallest absolute Gasteiger partial charge is 0.183 e. The number of benzene rings is 1. The van der Waals surface area contributed by atoms with Crippen molar-refractivity contribution in [3.63, 3.8) is 0 Å². The van der Waals surface area contributed by atoms with Crippen LogP contribution in [-0.2, 0) is 4.74 Å². The third kappa shape index (κ3) is 3.34. The Bertz CT molecular complexity index is 356. The number of nitrogens with two attached hydrogens (primary N) is 1. The number of halogens is 2. The third-order valence-corrected chi connectivity index (χ3v) is 1.98. The summed E-state index contributed by atoms with van der Waals surface area (Å²) in [4.78, 5) is 0. The summed E-state index contributed by atoms with van der Waals surface area (Å²) in [6, 6.07) is 2.32. The average Bonchev–Trinajstić information content (AvgIpc) is 2.22. The van der Waals surface area contributed by atoms with Crippen molar-refractivity contribution in [1.82, 2.24) is 0 Å². The number of hydrogen-bond acceptors (Lipinski definition) is 3. The van der Waals surface area contributed by atoms with Crippen molar-refractivity contribution in [2.75, 3.05) is 24.2 Å². The van der Waals surface area contributed by atoms with Crippen molar-refractivity contribution < 1.29 is 13.5 Å². The van der Waals surface area contributed by atoms with Gasteiger partial charge in [0.15, 0.2) is 11.6 Å². The maximum absolute atomic E-state index is 13.3. The van der Waals surface area contributed by atoms with Crippen molar-refractivity contribution >= 4 is 11.4 Å². The highest BCUT2D eigenvalue weighted by atomic mass is 19.2. The summed E-state index contributed by atoms with van der Waals surface area (Å²) in [6.45, 7) is 4.59. The molecule has 5 heteroatoms. The monoisotopic (exact) mass is 230 g/mol. The molecule has 1 aromatic rings. The number of anilines is 2. The Morgan fingerprint density at radius 1 is 1.38 bits per heavy atom. The predicted octanol–water partition coefficient (Wildman–Crippen LogP) is 2.38. The molecule has 0 aliphatic heterocycles. The van der Waals surface area contributed by atoms with E-state index in [-0.39, 0.29) is 17.5 Å². The van der Waals surface area contributed by atoms with Gasteiger partial charge in [-0.05, 0) is 26.0 Å². The Balaban J connectivity index is 2.56. The van der Waals surface area contributed by atoms with Gasteiger partial charge < -0.3 is 15.8 Å². The first-order valence-electron chi connectivity index (χ1n) is 5.11. The molecule has 0 bridgehead atoms. The Morgan fingerprint density at radius 2 is 2.06 bits per heavy atom. The topological polar surface area (TPSA) is 47.3 Å². The first-order valence-corrected chi connectivity index (χ1v) is 5.11. The molecule has 0 aromatic heterocycles. The van der Waals surface area contributed by atoms with Gasteiger partial charge in [0.25, 0.3) is 0 Å². The first kappa shape index (κ1) is 12.7. The van der Waals surface area contributed by atoms with E-state index in [9.17, 15) is 8.78 Å². The van der Waals surface area contributed by atoms with Crippen LogP contribution in [0.2, 0.25) is 0 Å². The zero-order valence-electron chi connectivity index (χ0n) is 9.39. The quantitative estimate of drug-likeness (QED) is 0.603. The lowest BCUT2D eigenvalue weighted by molar-refractivity contribution is 0.0870. The van der Waals surface area contributed by atoms with E-state index in [0.29, 0.717) is 13.2 Å². The van der Waals surface area contributed by atoms with E-state index >= 15 is 0 Å². The van der Waals surface area contributed by atoms with Gasteiger partial charge in [0.1, 0.15) is 0 Å². The molecule has 0 unspecified atom stereocenters. The van der Waals surface area contributed by atoms with Gasteiger partial charge in [-0.15, -0.1) is 0 Å². The fourth-order valence-corrected chi connectivity index (χ4v) is 1.22. The molecule has 0 aliphatic rings. The Labute approximate surface area is 93.6 Å². The highest BCUT2D eigenvalue weighted by Gasteiger charge is 2.10. The zero-order valence-corrected chi connectivity index (χ0v) is 9.39. The molecule has 1 rings (SSSR count). The summed E-state index contributed by atoms with van der Waals surface area (Å²) < 4.78 is 31.4. The molecule has 0 amide bonds. The molecule has 0 saturated heterocycles.